The summed E-state index contributed by atoms with van der Waals surface area (Å²) in [6.45, 7) is 6.10. The molecule has 6 heteroatoms. The molecule has 0 fully saturated rings. The summed E-state index contributed by atoms with van der Waals surface area (Å²) in [5.41, 5.74) is 2.59. The van der Waals surface area contributed by atoms with Gasteiger partial charge >= 0.3 is 11.9 Å². The van der Waals surface area contributed by atoms with Crippen molar-refractivity contribution in [1.82, 2.24) is 0 Å². The molecule has 3 aromatic carbocycles. The van der Waals surface area contributed by atoms with Crippen LogP contribution in [0.5, 0.6) is 17.2 Å². The van der Waals surface area contributed by atoms with Gasteiger partial charge in [-0.05, 0) is 62.4 Å². The number of carbonyl (C=O) groups excluding carboxylic acids is 2. The van der Waals surface area contributed by atoms with Crippen LogP contribution in [0.4, 0.5) is 0 Å². The van der Waals surface area contributed by atoms with Crippen LogP contribution in [0.15, 0.2) is 84.9 Å². The van der Waals surface area contributed by atoms with E-state index in [9.17, 15) is 9.59 Å². The van der Waals surface area contributed by atoms with Gasteiger partial charge in [0.05, 0.1) is 25.9 Å². The van der Waals surface area contributed by atoms with Crippen LogP contribution >= 0.6 is 0 Å². The molecule has 0 aliphatic rings. The number of unbranched alkanes of at least 4 members (excludes halogenated alkanes) is 3. The van der Waals surface area contributed by atoms with Crippen molar-refractivity contribution < 1.29 is 28.5 Å². The number of carbonyl (C=O) groups is 2. The molecule has 188 valence electrons. The number of hydrogen-bond donors (Lipinski definition) is 0. The standard InChI is InChI=1S/C30H32O6/c1-22(2)29(31)35-20-12-5-4-11-19-34-27-18-17-24(21-28(27)33-3)30(32)36-26-16-10-9-15-25(26)23-13-7-6-8-14-23/h6-10,13-18,21H,1,4-5,11-12,19-20H2,2-3H3. The lowest BCUT2D eigenvalue weighted by Gasteiger charge is -2.13. The van der Waals surface area contributed by atoms with Crippen LogP contribution in [0.25, 0.3) is 11.1 Å². The molecule has 3 aromatic rings. The molecule has 0 radical (unpaired) electrons. The van der Waals surface area contributed by atoms with Gasteiger partial charge in [-0.2, -0.15) is 0 Å². The van der Waals surface area contributed by atoms with Gasteiger partial charge in [-0.25, -0.2) is 9.59 Å². The Balaban J connectivity index is 1.51. The lowest BCUT2D eigenvalue weighted by Crippen LogP contribution is -2.10. The lowest BCUT2D eigenvalue weighted by atomic mass is 10.0. The van der Waals surface area contributed by atoms with Crippen LogP contribution in [0, 0.1) is 0 Å². The first kappa shape index (κ1) is 26.5. The van der Waals surface area contributed by atoms with Crippen molar-refractivity contribution in [2.75, 3.05) is 20.3 Å². The molecule has 0 N–H and O–H groups in total. The van der Waals surface area contributed by atoms with Gasteiger partial charge in [0, 0.05) is 11.1 Å². The molecule has 36 heavy (non-hydrogen) atoms. The fourth-order valence-corrected chi connectivity index (χ4v) is 3.51. The summed E-state index contributed by atoms with van der Waals surface area (Å²) in [5.74, 6) is 0.692. The molecule has 0 spiro atoms. The van der Waals surface area contributed by atoms with Gasteiger partial charge in [0.15, 0.2) is 11.5 Å². The third-order valence-corrected chi connectivity index (χ3v) is 5.45. The van der Waals surface area contributed by atoms with Gasteiger partial charge in [-0.1, -0.05) is 55.1 Å². The Bertz CT molecular complexity index is 1170. The molecule has 0 amide bonds. The van der Waals surface area contributed by atoms with Gasteiger partial charge in [0.2, 0.25) is 0 Å². The van der Waals surface area contributed by atoms with E-state index in [1.54, 1.807) is 31.2 Å². The maximum absolute atomic E-state index is 12.9. The Morgan fingerprint density at radius 2 is 1.47 bits per heavy atom. The first-order chi connectivity index (χ1) is 17.5. The molecule has 0 saturated carbocycles. The molecule has 0 aliphatic carbocycles. The van der Waals surface area contributed by atoms with Crippen LogP contribution in [-0.2, 0) is 9.53 Å². The molecule has 0 unspecified atom stereocenters. The number of ether oxygens (including phenoxy) is 4. The third kappa shape index (κ3) is 7.73. The van der Waals surface area contributed by atoms with E-state index in [4.69, 9.17) is 18.9 Å². The van der Waals surface area contributed by atoms with E-state index in [2.05, 4.69) is 6.58 Å². The van der Waals surface area contributed by atoms with E-state index in [-0.39, 0.29) is 5.97 Å². The fourth-order valence-electron chi connectivity index (χ4n) is 3.51. The molecule has 3 rings (SSSR count). The Kier molecular flexibility index (Phi) is 10.1. The number of para-hydroxylation sites is 1. The molecule has 0 saturated heterocycles. The monoisotopic (exact) mass is 488 g/mol. The largest absolute Gasteiger partial charge is 0.493 e. The molecule has 0 atom stereocenters. The summed E-state index contributed by atoms with van der Waals surface area (Å²) in [6.07, 6.45) is 3.52. The van der Waals surface area contributed by atoms with E-state index in [0.29, 0.717) is 41.6 Å². The summed E-state index contributed by atoms with van der Waals surface area (Å²) < 4.78 is 22.1. The Hall–Kier alpha value is -4.06. The Morgan fingerprint density at radius 1 is 0.778 bits per heavy atom. The van der Waals surface area contributed by atoms with Gasteiger partial charge in [0.1, 0.15) is 5.75 Å². The number of benzene rings is 3. The van der Waals surface area contributed by atoms with Crippen LogP contribution < -0.4 is 14.2 Å². The number of rotatable bonds is 13. The van der Waals surface area contributed by atoms with E-state index < -0.39 is 5.97 Å². The maximum Gasteiger partial charge on any atom is 0.343 e. The van der Waals surface area contributed by atoms with Crippen LogP contribution in [0.3, 0.4) is 0 Å². The first-order valence-corrected chi connectivity index (χ1v) is 12.0. The number of methoxy groups -OCH3 is 1. The number of hydrogen-bond acceptors (Lipinski definition) is 6. The average molecular weight is 489 g/mol. The third-order valence-electron chi connectivity index (χ3n) is 5.45. The normalized spacial score (nSPS) is 10.4. The van der Waals surface area contributed by atoms with Crippen molar-refractivity contribution >= 4 is 11.9 Å². The summed E-state index contributed by atoms with van der Waals surface area (Å²) in [7, 11) is 1.54. The van der Waals surface area contributed by atoms with Crippen molar-refractivity contribution in [3.05, 3.63) is 90.5 Å². The molecule has 0 heterocycles. The SMILES string of the molecule is C=C(C)C(=O)OCCCCCCOc1ccc(C(=O)Oc2ccccc2-c2ccccc2)cc1OC. The van der Waals surface area contributed by atoms with Crippen molar-refractivity contribution in [3.8, 4) is 28.4 Å². The van der Waals surface area contributed by atoms with Crippen molar-refractivity contribution in [3.63, 3.8) is 0 Å². The Morgan fingerprint density at radius 3 is 2.19 bits per heavy atom. The van der Waals surface area contributed by atoms with Gasteiger partial charge in [-0.3, -0.25) is 0 Å². The second-order valence-corrected chi connectivity index (χ2v) is 8.30. The van der Waals surface area contributed by atoms with Gasteiger partial charge in [-0.15, -0.1) is 0 Å². The summed E-state index contributed by atoms with van der Waals surface area (Å²) in [5, 5.41) is 0. The van der Waals surface area contributed by atoms with Crippen LogP contribution in [-0.4, -0.2) is 32.3 Å². The van der Waals surface area contributed by atoms with Crippen molar-refractivity contribution in [2.24, 2.45) is 0 Å². The minimum Gasteiger partial charge on any atom is -0.493 e. The maximum atomic E-state index is 12.9. The number of esters is 2. The van der Waals surface area contributed by atoms with Crippen molar-refractivity contribution in [2.45, 2.75) is 32.6 Å². The molecule has 0 aromatic heterocycles. The Labute approximate surface area is 212 Å². The van der Waals surface area contributed by atoms with E-state index in [1.165, 1.54) is 7.11 Å². The zero-order chi connectivity index (χ0) is 25.8. The zero-order valence-corrected chi connectivity index (χ0v) is 20.8. The molecular formula is C30H32O6. The molecule has 0 aliphatic heterocycles. The van der Waals surface area contributed by atoms with E-state index in [1.807, 2.05) is 48.5 Å². The smallest absolute Gasteiger partial charge is 0.343 e. The molecule has 0 bridgehead atoms. The van der Waals surface area contributed by atoms with Gasteiger partial charge < -0.3 is 18.9 Å². The van der Waals surface area contributed by atoms with E-state index in [0.717, 1.165) is 36.8 Å². The quantitative estimate of drug-likeness (QED) is 0.116. The second kappa shape index (κ2) is 13.7. The van der Waals surface area contributed by atoms with E-state index >= 15 is 0 Å². The summed E-state index contributed by atoms with van der Waals surface area (Å²) >= 11 is 0. The minimum absolute atomic E-state index is 0.349. The summed E-state index contributed by atoms with van der Waals surface area (Å²) in [4.78, 5) is 24.2. The zero-order valence-electron chi connectivity index (χ0n) is 20.8. The predicted molar refractivity (Wildman–Crippen MR) is 140 cm³/mol. The predicted octanol–water partition coefficient (Wildman–Crippen LogP) is 6.64. The first-order valence-electron chi connectivity index (χ1n) is 12.0. The second-order valence-electron chi connectivity index (χ2n) is 8.30. The highest BCUT2D eigenvalue weighted by atomic mass is 16.5. The highest BCUT2D eigenvalue weighted by molar-refractivity contribution is 5.93. The fraction of sp³-hybridized carbons (Fsp3) is 0.267. The topological polar surface area (TPSA) is 71.1 Å². The minimum atomic E-state index is -0.476. The highest BCUT2D eigenvalue weighted by Crippen LogP contribution is 2.32. The van der Waals surface area contributed by atoms with Crippen LogP contribution in [0.1, 0.15) is 43.0 Å². The molecule has 6 nitrogen and oxygen atoms in total. The summed E-state index contributed by atoms with van der Waals surface area (Å²) in [6, 6.07) is 22.2. The van der Waals surface area contributed by atoms with Crippen LogP contribution in [0.2, 0.25) is 0 Å². The lowest BCUT2D eigenvalue weighted by molar-refractivity contribution is -0.139. The highest BCUT2D eigenvalue weighted by Gasteiger charge is 2.15. The van der Waals surface area contributed by atoms with Gasteiger partial charge in [0.25, 0.3) is 0 Å². The molecular weight excluding hydrogens is 456 g/mol. The van der Waals surface area contributed by atoms with Crippen molar-refractivity contribution in [1.29, 1.82) is 0 Å². The average Bonchev–Trinajstić information content (AvgIpc) is 2.90.